The zero-order valence-corrected chi connectivity index (χ0v) is 16.8. The lowest BCUT2D eigenvalue weighted by molar-refractivity contribution is 0.454. The molecule has 0 saturated heterocycles. The summed E-state index contributed by atoms with van der Waals surface area (Å²) in [5.74, 6) is 1.75. The minimum Gasteiger partial charge on any atom is -0.435 e. The minimum atomic E-state index is -0.358. The molecule has 1 aliphatic rings. The van der Waals surface area contributed by atoms with E-state index in [2.05, 4.69) is 72.6 Å². The molecule has 0 atom stereocenters. The lowest BCUT2D eigenvalue weighted by Crippen LogP contribution is -2.53. The van der Waals surface area contributed by atoms with E-state index >= 15 is 0 Å². The largest absolute Gasteiger partial charge is 0.435 e. The molecule has 3 aromatic heterocycles. The van der Waals surface area contributed by atoms with E-state index in [0.29, 0.717) is 5.71 Å². The molecule has 6 heteroatoms. The van der Waals surface area contributed by atoms with Crippen LogP contribution in [0.1, 0.15) is 33.3 Å². The maximum absolute atomic E-state index is 6.26. The highest BCUT2D eigenvalue weighted by Crippen LogP contribution is 2.51. The van der Waals surface area contributed by atoms with E-state index < -0.39 is 0 Å². The molecule has 142 valence electrons. The minimum absolute atomic E-state index is 0.271. The van der Waals surface area contributed by atoms with Gasteiger partial charge in [-0.15, -0.1) is 0 Å². The molecule has 0 saturated carbocycles. The van der Waals surface area contributed by atoms with Gasteiger partial charge in [0, 0.05) is 35.4 Å². The number of aromatic nitrogens is 3. The Balaban J connectivity index is 1.86. The number of rotatable bonds is 2. The molecular weight excluding hydrogens is 350 g/mol. The number of furan rings is 1. The standard InChI is InChI=1S/C22H23N5O/c1-13(2)26-19-20(24-12-11-23-19)27(22(26,4)5)17-14(3)8-9-15-16-7-6-10-25-21(16)28-18(15)17/h6-13H,1-5H3. The lowest BCUT2D eigenvalue weighted by atomic mass is 10.0. The van der Waals surface area contributed by atoms with Crippen molar-refractivity contribution in [3.8, 4) is 0 Å². The average molecular weight is 373 g/mol. The van der Waals surface area contributed by atoms with Gasteiger partial charge in [0.05, 0.1) is 5.69 Å². The van der Waals surface area contributed by atoms with Crippen LogP contribution in [0.4, 0.5) is 17.3 Å². The summed E-state index contributed by atoms with van der Waals surface area (Å²) in [7, 11) is 0. The number of hydrogen-bond acceptors (Lipinski definition) is 6. The van der Waals surface area contributed by atoms with Crippen LogP contribution in [0.3, 0.4) is 0 Å². The van der Waals surface area contributed by atoms with Crippen molar-refractivity contribution in [1.82, 2.24) is 15.0 Å². The fourth-order valence-electron chi connectivity index (χ4n) is 4.57. The topological polar surface area (TPSA) is 58.3 Å². The lowest BCUT2D eigenvalue weighted by Gasteiger charge is -2.42. The van der Waals surface area contributed by atoms with Crippen molar-refractivity contribution in [2.24, 2.45) is 0 Å². The quantitative estimate of drug-likeness (QED) is 0.482. The summed E-state index contributed by atoms with van der Waals surface area (Å²) >= 11 is 0. The van der Waals surface area contributed by atoms with Gasteiger partial charge in [-0.3, -0.25) is 4.90 Å². The zero-order valence-electron chi connectivity index (χ0n) is 16.8. The van der Waals surface area contributed by atoms with Crippen molar-refractivity contribution in [2.75, 3.05) is 9.80 Å². The first kappa shape index (κ1) is 17.0. The Morgan fingerprint density at radius 3 is 2.43 bits per heavy atom. The summed E-state index contributed by atoms with van der Waals surface area (Å²) in [6.45, 7) is 10.9. The summed E-state index contributed by atoms with van der Waals surface area (Å²) < 4.78 is 6.26. The summed E-state index contributed by atoms with van der Waals surface area (Å²) in [6, 6.07) is 8.52. The zero-order chi connectivity index (χ0) is 19.6. The van der Waals surface area contributed by atoms with Gasteiger partial charge in [0.1, 0.15) is 5.66 Å². The monoisotopic (exact) mass is 373 g/mol. The Kier molecular flexibility index (Phi) is 3.44. The van der Waals surface area contributed by atoms with E-state index in [1.165, 1.54) is 0 Å². The molecule has 1 aliphatic heterocycles. The molecule has 4 heterocycles. The predicted octanol–water partition coefficient (Wildman–Crippen LogP) is 5.18. The van der Waals surface area contributed by atoms with Gasteiger partial charge < -0.3 is 9.32 Å². The average Bonchev–Trinajstić information content (AvgIpc) is 3.13. The fourth-order valence-corrected chi connectivity index (χ4v) is 4.57. The molecule has 4 aromatic rings. The molecule has 0 radical (unpaired) electrons. The Morgan fingerprint density at radius 1 is 0.929 bits per heavy atom. The van der Waals surface area contributed by atoms with E-state index in [-0.39, 0.29) is 11.7 Å². The molecule has 0 fully saturated rings. The second-order valence-electron chi connectivity index (χ2n) is 8.06. The van der Waals surface area contributed by atoms with Gasteiger partial charge in [0.25, 0.3) is 0 Å². The van der Waals surface area contributed by atoms with Gasteiger partial charge in [-0.2, -0.15) is 0 Å². The molecule has 5 rings (SSSR count). The van der Waals surface area contributed by atoms with Gasteiger partial charge in [0.2, 0.25) is 5.71 Å². The third-order valence-corrected chi connectivity index (χ3v) is 5.57. The molecule has 0 unspecified atom stereocenters. The van der Waals surface area contributed by atoms with Gasteiger partial charge in [-0.25, -0.2) is 15.0 Å². The van der Waals surface area contributed by atoms with Crippen molar-refractivity contribution in [3.05, 3.63) is 48.4 Å². The van der Waals surface area contributed by atoms with Gasteiger partial charge in [-0.1, -0.05) is 12.1 Å². The number of benzene rings is 1. The van der Waals surface area contributed by atoms with E-state index in [9.17, 15) is 0 Å². The highest BCUT2D eigenvalue weighted by Gasteiger charge is 2.47. The molecule has 0 bridgehead atoms. The Bertz CT molecular complexity index is 1210. The summed E-state index contributed by atoms with van der Waals surface area (Å²) in [6.07, 6.45) is 5.27. The van der Waals surface area contributed by atoms with Crippen LogP contribution in [0.5, 0.6) is 0 Å². The summed E-state index contributed by atoms with van der Waals surface area (Å²) in [5.41, 5.74) is 3.28. The van der Waals surface area contributed by atoms with Crippen LogP contribution in [0.15, 0.2) is 47.3 Å². The first-order chi connectivity index (χ1) is 13.4. The third-order valence-electron chi connectivity index (χ3n) is 5.57. The molecule has 1 aromatic carbocycles. The molecule has 0 N–H and O–H groups in total. The predicted molar refractivity (Wildman–Crippen MR) is 112 cm³/mol. The SMILES string of the molecule is Cc1ccc2c(oc3ncccc32)c1N1c2nccnc2N(C(C)C)C1(C)C. The molecule has 0 aliphatic carbocycles. The smallest absolute Gasteiger partial charge is 0.227 e. The van der Waals surface area contributed by atoms with Crippen molar-refractivity contribution in [1.29, 1.82) is 0 Å². The first-order valence-corrected chi connectivity index (χ1v) is 9.58. The van der Waals surface area contributed by atoms with Crippen molar-refractivity contribution in [3.63, 3.8) is 0 Å². The number of pyridine rings is 1. The normalized spacial score (nSPS) is 15.8. The molecule has 0 spiro atoms. The number of hydrogen-bond donors (Lipinski definition) is 0. The van der Waals surface area contributed by atoms with Crippen molar-refractivity contribution >= 4 is 39.4 Å². The molecular formula is C22H23N5O. The van der Waals surface area contributed by atoms with Crippen LogP contribution in [0.25, 0.3) is 22.1 Å². The summed E-state index contributed by atoms with van der Waals surface area (Å²) in [5, 5.41) is 2.09. The highest BCUT2D eigenvalue weighted by molar-refractivity contribution is 6.09. The number of aryl methyl sites for hydroxylation is 1. The van der Waals surface area contributed by atoms with Crippen molar-refractivity contribution < 1.29 is 4.42 Å². The van der Waals surface area contributed by atoms with E-state index in [1.807, 2.05) is 6.07 Å². The van der Waals surface area contributed by atoms with Crippen LogP contribution in [-0.2, 0) is 0 Å². The van der Waals surface area contributed by atoms with E-state index in [0.717, 1.165) is 39.2 Å². The second-order valence-corrected chi connectivity index (χ2v) is 8.06. The maximum Gasteiger partial charge on any atom is 0.227 e. The van der Waals surface area contributed by atoms with Gasteiger partial charge >= 0.3 is 0 Å². The maximum atomic E-state index is 6.26. The second kappa shape index (κ2) is 5.67. The fraction of sp³-hybridized carbons (Fsp3) is 0.318. The number of anilines is 3. The third kappa shape index (κ3) is 2.11. The number of fused-ring (bicyclic) bond motifs is 4. The highest BCUT2D eigenvalue weighted by atomic mass is 16.3. The van der Waals surface area contributed by atoms with Gasteiger partial charge in [0.15, 0.2) is 17.2 Å². The first-order valence-electron chi connectivity index (χ1n) is 9.58. The van der Waals surface area contributed by atoms with Gasteiger partial charge in [-0.05, 0) is 52.3 Å². The van der Waals surface area contributed by atoms with E-state index in [1.54, 1.807) is 18.6 Å². The molecule has 0 amide bonds. The van der Waals surface area contributed by atoms with Crippen LogP contribution < -0.4 is 9.80 Å². The molecule has 28 heavy (non-hydrogen) atoms. The van der Waals surface area contributed by atoms with E-state index in [4.69, 9.17) is 9.40 Å². The summed E-state index contributed by atoms with van der Waals surface area (Å²) in [4.78, 5) is 18.4. The van der Waals surface area contributed by atoms with Crippen LogP contribution in [-0.4, -0.2) is 26.7 Å². The Labute approximate surface area is 163 Å². The van der Waals surface area contributed by atoms with Crippen LogP contribution in [0, 0.1) is 6.92 Å². The van der Waals surface area contributed by atoms with Crippen LogP contribution in [0.2, 0.25) is 0 Å². The van der Waals surface area contributed by atoms with Crippen LogP contribution >= 0.6 is 0 Å². The van der Waals surface area contributed by atoms with Crippen molar-refractivity contribution in [2.45, 2.75) is 46.3 Å². The Hall–Kier alpha value is -3.15. The molecule has 6 nitrogen and oxygen atoms in total. The Morgan fingerprint density at radius 2 is 1.68 bits per heavy atom. The number of nitrogens with zero attached hydrogens (tertiary/aromatic N) is 5.